The van der Waals surface area contributed by atoms with Gasteiger partial charge in [0.25, 0.3) is 0 Å². The van der Waals surface area contributed by atoms with E-state index in [1.54, 1.807) is 6.20 Å². The first-order valence-corrected chi connectivity index (χ1v) is 7.81. The first-order chi connectivity index (χ1) is 9.26. The molecule has 1 unspecified atom stereocenters. The maximum atomic E-state index is 6.27. The van der Waals surface area contributed by atoms with Crippen LogP contribution in [0.5, 0.6) is 0 Å². The van der Waals surface area contributed by atoms with Crippen molar-refractivity contribution in [2.75, 3.05) is 0 Å². The Morgan fingerprint density at radius 3 is 2.68 bits per heavy atom. The molecular weight excluding hydrogens is 260 g/mol. The predicted octanol–water partition coefficient (Wildman–Crippen LogP) is 3.42. The lowest BCUT2D eigenvalue weighted by Gasteiger charge is -2.23. The number of halogens is 1. The van der Waals surface area contributed by atoms with Gasteiger partial charge in [-0.2, -0.15) is 5.10 Å². The molecular formula is C14H25ClN4. The van der Waals surface area contributed by atoms with Gasteiger partial charge in [-0.1, -0.05) is 50.1 Å². The van der Waals surface area contributed by atoms with Crippen LogP contribution in [0.3, 0.4) is 0 Å². The van der Waals surface area contributed by atoms with Gasteiger partial charge in [0.1, 0.15) is 0 Å². The van der Waals surface area contributed by atoms with Crippen molar-refractivity contribution in [2.24, 2.45) is 11.8 Å². The fourth-order valence-electron chi connectivity index (χ4n) is 3.16. The molecule has 1 aliphatic rings. The molecule has 1 aliphatic carbocycles. The minimum absolute atomic E-state index is 0.109. The third kappa shape index (κ3) is 3.71. The summed E-state index contributed by atoms with van der Waals surface area (Å²) in [5, 5.41) is 5.02. The van der Waals surface area contributed by atoms with E-state index >= 15 is 0 Å². The summed E-state index contributed by atoms with van der Waals surface area (Å²) >= 11 is 6.27. The number of nitrogens with zero attached hydrogens (tertiary/aromatic N) is 2. The van der Waals surface area contributed by atoms with Crippen molar-refractivity contribution in [1.29, 1.82) is 0 Å². The van der Waals surface area contributed by atoms with Gasteiger partial charge in [0.2, 0.25) is 0 Å². The van der Waals surface area contributed by atoms with E-state index in [2.05, 4.69) is 17.4 Å². The van der Waals surface area contributed by atoms with E-state index in [0.717, 1.165) is 29.6 Å². The minimum Gasteiger partial charge on any atom is -0.271 e. The predicted molar refractivity (Wildman–Crippen MR) is 78.8 cm³/mol. The van der Waals surface area contributed by atoms with Crippen LogP contribution < -0.4 is 11.3 Å². The molecule has 108 valence electrons. The fourth-order valence-corrected chi connectivity index (χ4v) is 3.43. The maximum Gasteiger partial charge on any atom is 0.0834 e. The highest BCUT2D eigenvalue weighted by atomic mass is 35.5. The lowest BCUT2D eigenvalue weighted by Crippen LogP contribution is -2.31. The Labute approximate surface area is 120 Å². The zero-order chi connectivity index (χ0) is 13.7. The molecule has 3 N–H and O–H groups in total. The van der Waals surface area contributed by atoms with Crippen molar-refractivity contribution in [3.05, 3.63) is 16.9 Å². The monoisotopic (exact) mass is 284 g/mol. The van der Waals surface area contributed by atoms with Crippen LogP contribution in [-0.2, 0) is 6.54 Å². The van der Waals surface area contributed by atoms with Crippen LogP contribution in [0, 0.1) is 5.92 Å². The Kier molecular flexibility index (Phi) is 5.67. The number of nitrogens with one attached hydrogen (secondary N) is 1. The molecule has 1 heterocycles. The highest BCUT2D eigenvalue weighted by Crippen LogP contribution is 2.33. The van der Waals surface area contributed by atoms with Gasteiger partial charge in [-0.15, -0.1) is 0 Å². The minimum atomic E-state index is 0.109. The Hall–Kier alpha value is -0.580. The highest BCUT2D eigenvalue weighted by molar-refractivity contribution is 6.31. The highest BCUT2D eigenvalue weighted by Gasteiger charge is 2.23. The van der Waals surface area contributed by atoms with E-state index in [4.69, 9.17) is 17.4 Å². The lowest BCUT2D eigenvalue weighted by atomic mass is 9.91. The molecule has 5 heteroatoms. The van der Waals surface area contributed by atoms with E-state index < -0.39 is 0 Å². The standard InChI is InChI=1S/C14H25ClN4/c1-2-19-14(12(15)10-17-19)13(18-16)9-11-7-5-3-4-6-8-11/h10-11,13,18H,2-9,16H2,1H3. The van der Waals surface area contributed by atoms with Crippen LogP contribution in [0.1, 0.15) is 63.6 Å². The first kappa shape index (κ1) is 14.8. The van der Waals surface area contributed by atoms with Gasteiger partial charge in [-0.3, -0.25) is 16.0 Å². The molecule has 0 spiro atoms. The van der Waals surface area contributed by atoms with Crippen LogP contribution in [-0.4, -0.2) is 9.78 Å². The fraction of sp³-hybridized carbons (Fsp3) is 0.786. The quantitative estimate of drug-likeness (QED) is 0.495. The van der Waals surface area contributed by atoms with Crippen molar-refractivity contribution in [3.63, 3.8) is 0 Å². The molecule has 2 rings (SSSR count). The average molecular weight is 285 g/mol. The third-order valence-corrected chi connectivity index (χ3v) is 4.50. The van der Waals surface area contributed by atoms with Crippen molar-refractivity contribution in [3.8, 4) is 0 Å². The number of hydrazine groups is 1. The summed E-state index contributed by atoms with van der Waals surface area (Å²) in [5.74, 6) is 6.51. The van der Waals surface area contributed by atoms with E-state index in [-0.39, 0.29) is 6.04 Å². The van der Waals surface area contributed by atoms with Crippen molar-refractivity contribution in [2.45, 2.75) is 64.5 Å². The SMILES string of the molecule is CCn1ncc(Cl)c1C(CC1CCCCCC1)NN. The van der Waals surface area contributed by atoms with Crippen LogP contribution in [0.25, 0.3) is 0 Å². The molecule has 1 fully saturated rings. The van der Waals surface area contributed by atoms with Crippen molar-refractivity contribution in [1.82, 2.24) is 15.2 Å². The molecule has 0 amide bonds. The van der Waals surface area contributed by atoms with E-state index in [1.807, 2.05) is 4.68 Å². The summed E-state index contributed by atoms with van der Waals surface area (Å²) in [5.41, 5.74) is 3.98. The van der Waals surface area contributed by atoms with E-state index in [1.165, 1.54) is 38.5 Å². The van der Waals surface area contributed by atoms with Crippen molar-refractivity contribution >= 4 is 11.6 Å². The van der Waals surface area contributed by atoms with Gasteiger partial charge in [-0.25, -0.2) is 0 Å². The number of nitrogens with two attached hydrogens (primary N) is 1. The zero-order valence-electron chi connectivity index (χ0n) is 11.7. The second-order valence-corrected chi connectivity index (χ2v) is 5.91. The lowest BCUT2D eigenvalue weighted by molar-refractivity contribution is 0.346. The molecule has 1 atom stereocenters. The van der Waals surface area contributed by atoms with Gasteiger partial charge < -0.3 is 0 Å². The third-order valence-electron chi connectivity index (χ3n) is 4.21. The molecule has 19 heavy (non-hydrogen) atoms. The largest absolute Gasteiger partial charge is 0.271 e. The molecule has 0 bridgehead atoms. The number of aromatic nitrogens is 2. The smallest absolute Gasteiger partial charge is 0.0834 e. The molecule has 1 aromatic heterocycles. The van der Waals surface area contributed by atoms with Gasteiger partial charge in [-0.05, 0) is 19.3 Å². The van der Waals surface area contributed by atoms with Gasteiger partial charge in [0.05, 0.1) is 23.0 Å². The second-order valence-electron chi connectivity index (χ2n) is 5.51. The number of rotatable bonds is 5. The summed E-state index contributed by atoms with van der Waals surface area (Å²) in [7, 11) is 0. The average Bonchev–Trinajstić information content (AvgIpc) is 2.64. The van der Waals surface area contributed by atoms with Crippen LogP contribution in [0.15, 0.2) is 6.20 Å². The first-order valence-electron chi connectivity index (χ1n) is 7.43. The van der Waals surface area contributed by atoms with E-state index in [9.17, 15) is 0 Å². The normalized spacial score (nSPS) is 19.3. The maximum absolute atomic E-state index is 6.27. The summed E-state index contributed by atoms with van der Waals surface area (Å²) in [6.07, 6.45) is 10.9. The molecule has 0 saturated heterocycles. The molecule has 1 aromatic rings. The number of aryl methyl sites for hydroxylation is 1. The summed E-state index contributed by atoms with van der Waals surface area (Å²) in [6, 6.07) is 0.109. The summed E-state index contributed by atoms with van der Waals surface area (Å²) in [6.45, 7) is 2.90. The van der Waals surface area contributed by atoms with Crippen molar-refractivity contribution < 1.29 is 0 Å². The molecule has 0 aliphatic heterocycles. The number of hydrogen-bond donors (Lipinski definition) is 2. The Morgan fingerprint density at radius 1 is 1.42 bits per heavy atom. The Balaban J connectivity index is 2.08. The van der Waals surface area contributed by atoms with Gasteiger partial charge >= 0.3 is 0 Å². The Bertz CT molecular complexity index is 383. The molecule has 4 nitrogen and oxygen atoms in total. The molecule has 0 radical (unpaired) electrons. The zero-order valence-corrected chi connectivity index (χ0v) is 12.5. The molecule has 1 saturated carbocycles. The topological polar surface area (TPSA) is 55.9 Å². The second kappa shape index (κ2) is 7.27. The Morgan fingerprint density at radius 2 is 2.11 bits per heavy atom. The van der Waals surface area contributed by atoms with Crippen LogP contribution in [0.4, 0.5) is 0 Å². The van der Waals surface area contributed by atoms with Gasteiger partial charge in [0, 0.05) is 6.54 Å². The summed E-state index contributed by atoms with van der Waals surface area (Å²) < 4.78 is 1.95. The van der Waals surface area contributed by atoms with E-state index in [0.29, 0.717) is 0 Å². The van der Waals surface area contributed by atoms with Gasteiger partial charge in [0.15, 0.2) is 0 Å². The molecule has 0 aromatic carbocycles. The van der Waals surface area contributed by atoms with Crippen LogP contribution >= 0.6 is 11.6 Å². The van der Waals surface area contributed by atoms with Crippen LogP contribution in [0.2, 0.25) is 5.02 Å². The summed E-state index contributed by atoms with van der Waals surface area (Å²) in [4.78, 5) is 0. The number of hydrogen-bond acceptors (Lipinski definition) is 3.